The highest BCUT2D eigenvalue weighted by Crippen LogP contribution is 2.38. The lowest BCUT2D eigenvalue weighted by Gasteiger charge is -2.27. The number of benzene rings is 2. The van der Waals surface area contributed by atoms with Gasteiger partial charge in [-0.25, -0.2) is 0 Å². The summed E-state index contributed by atoms with van der Waals surface area (Å²) in [4.78, 5) is 14.8. The molecule has 0 radical (unpaired) electrons. The predicted molar refractivity (Wildman–Crippen MR) is 91.6 cm³/mol. The molecule has 1 amide bonds. The minimum Gasteiger partial charge on any atom is -0.486 e. The van der Waals surface area contributed by atoms with Crippen LogP contribution >= 0.6 is 0 Å². The first-order valence-corrected chi connectivity index (χ1v) is 8.47. The fraction of sp³-hybridized carbons (Fsp3) is 0.300. The summed E-state index contributed by atoms with van der Waals surface area (Å²) < 4.78 is 11.2. The van der Waals surface area contributed by atoms with Crippen LogP contribution in [0, 0.1) is 11.3 Å². The van der Waals surface area contributed by atoms with E-state index in [-0.39, 0.29) is 11.9 Å². The van der Waals surface area contributed by atoms with Crippen molar-refractivity contribution in [2.75, 3.05) is 19.8 Å². The maximum Gasteiger partial charge on any atom is 0.254 e. The highest BCUT2D eigenvalue weighted by molar-refractivity contribution is 5.95. The molecule has 2 aromatic carbocycles. The van der Waals surface area contributed by atoms with E-state index in [1.807, 2.05) is 23.1 Å². The van der Waals surface area contributed by atoms with E-state index in [2.05, 4.69) is 6.07 Å². The molecular weight excluding hydrogens is 316 g/mol. The second-order valence-electron chi connectivity index (χ2n) is 6.25. The summed E-state index contributed by atoms with van der Waals surface area (Å²) in [6.07, 6.45) is 1.88. The number of nitriles is 1. The zero-order valence-corrected chi connectivity index (χ0v) is 13.8. The van der Waals surface area contributed by atoms with Gasteiger partial charge in [0.1, 0.15) is 13.2 Å². The van der Waals surface area contributed by atoms with Crippen LogP contribution in [-0.4, -0.2) is 30.6 Å². The Morgan fingerprint density at radius 1 is 1.12 bits per heavy atom. The summed E-state index contributed by atoms with van der Waals surface area (Å²) >= 11 is 0. The Labute approximate surface area is 146 Å². The van der Waals surface area contributed by atoms with Crippen molar-refractivity contribution >= 4 is 5.91 Å². The number of rotatable bonds is 2. The van der Waals surface area contributed by atoms with E-state index in [4.69, 9.17) is 14.7 Å². The van der Waals surface area contributed by atoms with Gasteiger partial charge in [-0.15, -0.1) is 0 Å². The molecule has 0 spiro atoms. The normalized spacial score (nSPS) is 18.7. The zero-order valence-electron chi connectivity index (χ0n) is 13.8. The van der Waals surface area contributed by atoms with Crippen molar-refractivity contribution in [1.82, 2.24) is 4.90 Å². The highest BCUT2D eigenvalue weighted by Gasteiger charge is 2.31. The van der Waals surface area contributed by atoms with E-state index in [9.17, 15) is 4.79 Å². The lowest BCUT2D eigenvalue weighted by molar-refractivity contribution is 0.0735. The fourth-order valence-corrected chi connectivity index (χ4v) is 3.51. The molecule has 0 unspecified atom stereocenters. The molecule has 1 saturated heterocycles. The average molecular weight is 334 g/mol. The number of carbonyl (C=O) groups excluding carboxylic acids is 1. The first kappa shape index (κ1) is 15.5. The van der Waals surface area contributed by atoms with E-state index >= 15 is 0 Å². The number of hydrogen-bond donors (Lipinski definition) is 0. The molecule has 0 bridgehead atoms. The van der Waals surface area contributed by atoms with Crippen molar-refractivity contribution in [1.29, 1.82) is 5.26 Å². The van der Waals surface area contributed by atoms with Crippen LogP contribution in [0.25, 0.3) is 0 Å². The third-order valence-electron chi connectivity index (χ3n) is 4.70. The number of amides is 1. The van der Waals surface area contributed by atoms with E-state index in [1.54, 1.807) is 24.3 Å². The van der Waals surface area contributed by atoms with Crippen LogP contribution in [0.1, 0.15) is 40.4 Å². The first-order chi connectivity index (χ1) is 12.3. The van der Waals surface area contributed by atoms with Crippen molar-refractivity contribution in [3.8, 4) is 17.6 Å². The van der Waals surface area contributed by atoms with Gasteiger partial charge < -0.3 is 14.4 Å². The Morgan fingerprint density at radius 2 is 1.96 bits per heavy atom. The first-order valence-electron chi connectivity index (χ1n) is 8.47. The molecule has 1 atom stereocenters. The maximum atomic E-state index is 12.9. The molecule has 5 nitrogen and oxygen atoms in total. The highest BCUT2D eigenvalue weighted by atomic mass is 16.6. The van der Waals surface area contributed by atoms with E-state index < -0.39 is 0 Å². The zero-order chi connectivity index (χ0) is 17.2. The lowest BCUT2D eigenvalue weighted by atomic mass is 10.0. The molecule has 0 N–H and O–H groups in total. The Bertz CT molecular complexity index is 856. The molecule has 2 aliphatic heterocycles. The summed E-state index contributed by atoms with van der Waals surface area (Å²) in [5, 5.41) is 9.05. The summed E-state index contributed by atoms with van der Waals surface area (Å²) in [6.45, 7) is 1.83. The molecule has 5 heteroatoms. The minimum atomic E-state index is -0.0329. The molecule has 2 aliphatic rings. The molecule has 4 rings (SSSR count). The van der Waals surface area contributed by atoms with Gasteiger partial charge in [0, 0.05) is 12.1 Å². The number of carbonyl (C=O) groups is 1. The van der Waals surface area contributed by atoms with Crippen LogP contribution in [-0.2, 0) is 0 Å². The second-order valence-corrected chi connectivity index (χ2v) is 6.25. The quantitative estimate of drug-likeness (QED) is 0.845. The second kappa shape index (κ2) is 6.48. The number of fused-ring (bicyclic) bond motifs is 1. The molecule has 2 aromatic rings. The number of hydrogen-bond acceptors (Lipinski definition) is 4. The topological polar surface area (TPSA) is 62.6 Å². The van der Waals surface area contributed by atoms with Gasteiger partial charge in [0.25, 0.3) is 5.91 Å². The van der Waals surface area contributed by atoms with Gasteiger partial charge in [-0.2, -0.15) is 5.26 Å². The molecule has 0 aliphatic carbocycles. The molecule has 0 aromatic heterocycles. The van der Waals surface area contributed by atoms with Gasteiger partial charge >= 0.3 is 0 Å². The van der Waals surface area contributed by atoms with Crippen LogP contribution in [0.2, 0.25) is 0 Å². The third kappa shape index (κ3) is 2.91. The number of ether oxygens (including phenoxy) is 2. The molecule has 126 valence electrons. The SMILES string of the molecule is N#Cc1cccc(C(=O)N2CCC[C@H]2c2ccc3c(c2)OCCO3)c1. The van der Waals surface area contributed by atoms with Crippen LogP contribution < -0.4 is 9.47 Å². The van der Waals surface area contributed by atoms with Gasteiger partial charge in [0.05, 0.1) is 17.7 Å². The lowest BCUT2D eigenvalue weighted by Crippen LogP contribution is -2.30. The molecule has 0 saturated carbocycles. The van der Waals surface area contributed by atoms with Crippen molar-refractivity contribution in [2.24, 2.45) is 0 Å². The number of nitrogens with zero attached hydrogens (tertiary/aromatic N) is 2. The standard InChI is InChI=1S/C20H18N2O3/c21-13-14-3-1-4-16(11-14)20(23)22-8-2-5-17(22)15-6-7-18-19(12-15)25-10-9-24-18/h1,3-4,6-7,11-12,17H,2,5,8-10H2/t17-/m0/s1. The molecule has 2 heterocycles. The fourth-order valence-electron chi connectivity index (χ4n) is 3.51. The van der Waals surface area contributed by atoms with Crippen LogP contribution in [0.4, 0.5) is 0 Å². The summed E-state index contributed by atoms with van der Waals surface area (Å²) in [6, 6.07) is 14.9. The Hall–Kier alpha value is -3.00. The summed E-state index contributed by atoms with van der Waals surface area (Å²) in [7, 11) is 0. The molecule has 25 heavy (non-hydrogen) atoms. The van der Waals surface area contributed by atoms with Crippen LogP contribution in [0.5, 0.6) is 11.5 Å². The average Bonchev–Trinajstić information content (AvgIpc) is 3.17. The van der Waals surface area contributed by atoms with Crippen molar-refractivity contribution in [3.05, 3.63) is 59.2 Å². The van der Waals surface area contributed by atoms with Gasteiger partial charge in [0.2, 0.25) is 0 Å². The van der Waals surface area contributed by atoms with Gasteiger partial charge in [-0.1, -0.05) is 12.1 Å². The summed E-state index contributed by atoms with van der Waals surface area (Å²) in [5.41, 5.74) is 2.12. The molecule has 1 fully saturated rings. The monoisotopic (exact) mass is 334 g/mol. The third-order valence-corrected chi connectivity index (χ3v) is 4.70. The Balaban J connectivity index is 1.62. The number of likely N-dealkylation sites (tertiary alicyclic amines) is 1. The van der Waals surface area contributed by atoms with Gasteiger partial charge in [0.15, 0.2) is 11.5 Å². The Morgan fingerprint density at radius 3 is 2.80 bits per heavy atom. The van der Waals surface area contributed by atoms with E-state index in [1.165, 1.54) is 0 Å². The van der Waals surface area contributed by atoms with Gasteiger partial charge in [-0.3, -0.25) is 4.79 Å². The smallest absolute Gasteiger partial charge is 0.254 e. The van der Waals surface area contributed by atoms with Crippen molar-refractivity contribution in [3.63, 3.8) is 0 Å². The summed E-state index contributed by atoms with van der Waals surface area (Å²) in [5.74, 6) is 1.47. The van der Waals surface area contributed by atoms with E-state index in [0.29, 0.717) is 30.9 Å². The predicted octanol–water partition coefficient (Wildman–Crippen LogP) is 3.31. The van der Waals surface area contributed by atoms with Gasteiger partial charge in [-0.05, 0) is 48.7 Å². The molecular formula is C20H18N2O3. The van der Waals surface area contributed by atoms with E-state index in [0.717, 1.165) is 29.9 Å². The Kier molecular flexibility index (Phi) is 4.02. The largest absolute Gasteiger partial charge is 0.486 e. The van der Waals surface area contributed by atoms with Crippen molar-refractivity contribution < 1.29 is 14.3 Å². The van der Waals surface area contributed by atoms with Crippen LogP contribution in [0.3, 0.4) is 0 Å². The van der Waals surface area contributed by atoms with Crippen molar-refractivity contribution in [2.45, 2.75) is 18.9 Å². The maximum absolute atomic E-state index is 12.9. The van der Waals surface area contributed by atoms with Crippen LogP contribution in [0.15, 0.2) is 42.5 Å². The minimum absolute atomic E-state index is 0.0223.